The second-order valence-electron chi connectivity index (χ2n) is 4.71. The van der Waals surface area contributed by atoms with Gasteiger partial charge in [-0.25, -0.2) is 0 Å². The Morgan fingerprint density at radius 3 is 2.25 bits per heavy atom. The summed E-state index contributed by atoms with van der Waals surface area (Å²) in [5.74, 6) is 0.673. The van der Waals surface area contributed by atoms with E-state index in [-0.39, 0.29) is 12.0 Å². The molecule has 1 rings (SSSR count). The van der Waals surface area contributed by atoms with E-state index < -0.39 is 5.60 Å². The first-order chi connectivity index (χ1) is 5.41. The van der Waals surface area contributed by atoms with Crippen LogP contribution >= 0.6 is 0 Å². The fraction of sp³-hybridized carbons (Fsp3) is 1.00. The van der Waals surface area contributed by atoms with Gasteiger partial charge < -0.3 is 10.2 Å². The van der Waals surface area contributed by atoms with E-state index in [1.54, 1.807) is 0 Å². The number of aliphatic hydroxyl groups is 2. The second-order valence-corrected chi connectivity index (χ2v) is 4.71. The van der Waals surface area contributed by atoms with Gasteiger partial charge in [-0.05, 0) is 44.9 Å². The predicted octanol–water partition coefficient (Wildman–Crippen LogP) is 1.55. The van der Waals surface area contributed by atoms with Crippen molar-refractivity contribution >= 4 is 0 Å². The van der Waals surface area contributed by atoms with Gasteiger partial charge in [-0.1, -0.05) is 6.92 Å². The van der Waals surface area contributed by atoms with Crippen LogP contribution < -0.4 is 0 Å². The van der Waals surface area contributed by atoms with Gasteiger partial charge in [0.1, 0.15) is 0 Å². The van der Waals surface area contributed by atoms with Gasteiger partial charge >= 0.3 is 0 Å². The smallest absolute Gasteiger partial charge is 0.0620 e. The van der Waals surface area contributed by atoms with E-state index in [1.165, 1.54) is 0 Å². The van der Waals surface area contributed by atoms with E-state index in [2.05, 4.69) is 6.92 Å². The molecule has 0 aromatic heterocycles. The van der Waals surface area contributed by atoms with Gasteiger partial charge in [-0.15, -0.1) is 0 Å². The van der Waals surface area contributed by atoms with E-state index in [1.807, 2.05) is 13.8 Å². The molecule has 0 aromatic carbocycles. The summed E-state index contributed by atoms with van der Waals surface area (Å²) in [6.45, 7) is 5.74. The Bertz CT molecular complexity index is 148. The van der Waals surface area contributed by atoms with E-state index in [0.29, 0.717) is 5.92 Å². The summed E-state index contributed by atoms with van der Waals surface area (Å²) < 4.78 is 0. The van der Waals surface area contributed by atoms with Crippen molar-refractivity contribution in [2.45, 2.75) is 51.7 Å². The molecule has 0 aliphatic heterocycles. The molecule has 1 saturated carbocycles. The molecule has 0 aromatic rings. The summed E-state index contributed by atoms with van der Waals surface area (Å²) >= 11 is 0. The fourth-order valence-electron chi connectivity index (χ4n) is 1.94. The quantitative estimate of drug-likeness (QED) is 0.630. The second kappa shape index (κ2) is 3.35. The van der Waals surface area contributed by atoms with Crippen molar-refractivity contribution in [1.29, 1.82) is 0 Å². The molecule has 2 N–H and O–H groups in total. The zero-order valence-electron chi connectivity index (χ0n) is 8.25. The normalized spacial score (nSPS) is 38.2. The van der Waals surface area contributed by atoms with Crippen molar-refractivity contribution in [2.24, 2.45) is 11.8 Å². The number of hydrogen-bond acceptors (Lipinski definition) is 2. The highest BCUT2D eigenvalue weighted by molar-refractivity contribution is 4.85. The molecule has 0 heterocycles. The summed E-state index contributed by atoms with van der Waals surface area (Å²) in [6.07, 6.45) is 2.62. The van der Waals surface area contributed by atoms with Crippen molar-refractivity contribution in [2.75, 3.05) is 0 Å². The van der Waals surface area contributed by atoms with Crippen molar-refractivity contribution in [3.8, 4) is 0 Å². The Hall–Kier alpha value is -0.0800. The van der Waals surface area contributed by atoms with Crippen LogP contribution in [0.5, 0.6) is 0 Å². The molecular weight excluding hydrogens is 152 g/mol. The average Bonchev–Trinajstić information content (AvgIpc) is 1.92. The Balaban J connectivity index is 2.51. The standard InChI is InChI=1S/C10H20O2/c1-7-4-5-8(6-9(7)11)10(2,3)12/h7-9,11-12H,4-6H2,1-3H3/t7-,8-,9+/m1/s1. The topological polar surface area (TPSA) is 40.5 Å². The summed E-state index contributed by atoms with van der Waals surface area (Å²) in [7, 11) is 0. The highest BCUT2D eigenvalue weighted by Crippen LogP contribution is 2.35. The molecule has 0 spiro atoms. The molecule has 1 aliphatic carbocycles. The van der Waals surface area contributed by atoms with E-state index in [4.69, 9.17) is 0 Å². The molecule has 1 aliphatic rings. The zero-order valence-corrected chi connectivity index (χ0v) is 8.25. The minimum atomic E-state index is -0.624. The predicted molar refractivity (Wildman–Crippen MR) is 48.8 cm³/mol. The minimum Gasteiger partial charge on any atom is -0.393 e. The fourth-order valence-corrected chi connectivity index (χ4v) is 1.94. The maximum absolute atomic E-state index is 9.74. The largest absolute Gasteiger partial charge is 0.393 e. The molecule has 3 atom stereocenters. The molecule has 0 radical (unpaired) electrons. The van der Waals surface area contributed by atoms with Crippen LogP contribution in [-0.4, -0.2) is 21.9 Å². The third-order valence-corrected chi connectivity index (χ3v) is 3.15. The number of rotatable bonds is 1. The van der Waals surface area contributed by atoms with Gasteiger partial charge in [0.2, 0.25) is 0 Å². The Labute approximate surface area is 74.6 Å². The zero-order chi connectivity index (χ0) is 9.35. The van der Waals surface area contributed by atoms with Gasteiger partial charge in [0.25, 0.3) is 0 Å². The Kier molecular flexibility index (Phi) is 2.79. The van der Waals surface area contributed by atoms with Crippen LogP contribution in [0.3, 0.4) is 0 Å². The van der Waals surface area contributed by atoms with Gasteiger partial charge in [0, 0.05) is 0 Å². The van der Waals surface area contributed by atoms with Gasteiger partial charge in [0.05, 0.1) is 11.7 Å². The molecular formula is C10H20O2. The SMILES string of the molecule is C[C@@H]1CC[C@@H](C(C)(C)O)C[C@@H]1O. The summed E-state index contributed by atoms with van der Waals surface area (Å²) in [6, 6.07) is 0. The lowest BCUT2D eigenvalue weighted by Gasteiger charge is -2.37. The van der Waals surface area contributed by atoms with E-state index in [0.717, 1.165) is 19.3 Å². The maximum atomic E-state index is 9.74. The first kappa shape index (κ1) is 10.0. The van der Waals surface area contributed by atoms with Crippen LogP contribution in [0.1, 0.15) is 40.0 Å². The van der Waals surface area contributed by atoms with E-state index in [9.17, 15) is 10.2 Å². The first-order valence-corrected chi connectivity index (χ1v) is 4.81. The lowest BCUT2D eigenvalue weighted by atomic mass is 9.74. The monoisotopic (exact) mass is 172 g/mol. The molecule has 2 heteroatoms. The molecule has 12 heavy (non-hydrogen) atoms. The summed E-state index contributed by atoms with van der Waals surface area (Å²) in [5, 5.41) is 19.3. The first-order valence-electron chi connectivity index (χ1n) is 4.81. The lowest BCUT2D eigenvalue weighted by molar-refractivity contribution is -0.0443. The molecule has 2 nitrogen and oxygen atoms in total. The number of aliphatic hydroxyl groups excluding tert-OH is 1. The van der Waals surface area contributed by atoms with Crippen LogP contribution in [-0.2, 0) is 0 Å². The van der Waals surface area contributed by atoms with Crippen molar-refractivity contribution in [1.82, 2.24) is 0 Å². The van der Waals surface area contributed by atoms with Crippen molar-refractivity contribution in [3.05, 3.63) is 0 Å². The van der Waals surface area contributed by atoms with Crippen LogP contribution in [0, 0.1) is 11.8 Å². The van der Waals surface area contributed by atoms with Crippen LogP contribution in [0.15, 0.2) is 0 Å². The molecule has 0 bridgehead atoms. The lowest BCUT2D eigenvalue weighted by Crippen LogP contribution is -2.39. The summed E-state index contributed by atoms with van der Waals surface area (Å²) in [4.78, 5) is 0. The van der Waals surface area contributed by atoms with Gasteiger partial charge in [-0.3, -0.25) is 0 Å². The van der Waals surface area contributed by atoms with Crippen LogP contribution in [0.25, 0.3) is 0 Å². The maximum Gasteiger partial charge on any atom is 0.0620 e. The minimum absolute atomic E-state index is 0.213. The van der Waals surface area contributed by atoms with Crippen LogP contribution in [0.2, 0.25) is 0 Å². The molecule has 0 saturated heterocycles. The summed E-state index contributed by atoms with van der Waals surface area (Å²) in [5.41, 5.74) is -0.624. The van der Waals surface area contributed by atoms with Crippen LogP contribution in [0.4, 0.5) is 0 Å². The third kappa shape index (κ3) is 2.20. The molecule has 1 fully saturated rings. The highest BCUT2D eigenvalue weighted by atomic mass is 16.3. The van der Waals surface area contributed by atoms with Crippen molar-refractivity contribution < 1.29 is 10.2 Å². The van der Waals surface area contributed by atoms with Crippen molar-refractivity contribution in [3.63, 3.8) is 0 Å². The molecule has 0 amide bonds. The Morgan fingerprint density at radius 2 is 1.83 bits per heavy atom. The van der Waals surface area contributed by atoms with Gasteiger partial charge in [0.15, 0.2) is 0 Å². The average molecular weight is 172 g/mol. The molecule has 72 valence electrons. The Morgan fingerprint density at radius 1 is 1.25 bits per heavy atom. The van der Waals surface area contributed by atoms with Gasteiger partial charge in [-0.2, -0.15) is 0 Å². The highest BCUT2D eigenvalue weighted by Gasteiger charge is 2.34. The van der Waals surface area contributed by atoms with E-state index >= 15 is 0 Å². The third-order valence-electron chi connectivity index (χ3n) is 3.15. The number of hydrogen-bond donors (Lipinski definition) is 2. The molecule has 0 unspecified atom stereocenters.